The van der Waals surface area contributed by atoms with Gasteiger partial charge in [0.05, 0.1) is 12.8 Å². The van der Waals surface area contributed by atoms with E-state index in [0.717, 1.165) is 12.2 Å². The average Bonchev–Trinajstić information content (AvgIpc) is 2.39. The zero-order chi connectivity index (χ0) is 13.0. The smallest absolute Gasteiger partial charge is 0.316 e. The van der Waals surface area contributed by atoms with Crippen LogP contribution in [0.15, 0.2) is 12.3 Å². The van der Waals surface area contributed by atoms with E-state index in [9.17, 15) is 0 Å². The highest BCUT2D eigenvalue weighted by Crippen LogP contribution is 2.24. The van der Waals surface area contributed by atoms with E-state index >= 15 is 0 Å². The maximum Gasteiger partial charge on any atom is 0.316 e. The van der Waals surface area contributed by atoms with E-state index in [0.29, 0.717) is 18.0 Å². The molecule has 1 fully saturated rings. The van der Waals surface area contributed by atoms with Crippen LogP contribution in [-0.4, -0.2) is 34.6 Å². The molecule has 0 radical (unpaired) electrons. The molecule has 0 aliphatic carbocycles. The Morgan fingerprint density at radius 2 is 2.28 bits per heavy atom. The fourth-order valence-corrected chi connectivity index (χ4v) is 2.74. The van der Waals surface area contributed by atoms with Gasteiger partial charge in [0.2, 0.25) is 0 Å². The molecular formula is C14H23N3O. The first-order valence-electron chi connectivity index (χ1n) is 6.80. The topological polar surface area (TPSA) is 38.2 Å². The van der Waals surface area contributed by atoms with E-state index in [1.807, 2.05) is 6.07 Å². The Hall–Kier alpha value is -1.16. The lowest BCUT2D eigenvalue weighted by atomic mass is 9.92. The molecule has 1 unspecified atom stereocenters. The first-order valence-corrected chi connectivity index (χ1v) is 6.80. The van der Waals surface area contributed by atoms with Crippen LogP contribution in [0.1, 0.15) is 38.8 Å². The zero-order valence-corrected chi connectivity index (χ0v) is 11.6. The summed E-state index contributed by atoms with van der Waals surface area (Å²) in [6.07, 6.45) is 5.73. The summed E-state index contributed by atoms with van der Waals surface area (Å²) >= 11 is 0. The summed E-state index contributed by atoms with van der Waals surface area (Å²) in [7, 11) is 1.61. The molecule has 0 bridgehead atoms. The van der Waals surface area contributed by atoms with Gasteiger partial charge in [0.25, 0.3) is 0 Å². The lowest BCUT2D eigenvalue weighted by Crippen LogP contribution is -2.42. The minimum atomic E-state index is 0.464. The van der Waals surface area contributed by atoms with Gasteiger partial charge in [-0.1, -0.05) is 20.3 Å². The maximum atomic E-state index is 5.08. The summed E-state index contributed by atoms with van der Waals surface area (Å²) in [6, 6.07) is 3.12. The van der Waals surface area contributed by atoms with Crippen LogP contribution < -0.4 is 4.74 Å². The second-order valence-corrected chi connectivity index (χ2v) is 5.31. The molecule has 1 aromatic heterocycles. The number of hydrogen-bond acceptors (Lipinski definition) is 4. The second kappa shape index (κ2) is 6.14. The number of likely N-dealkylation sites (tertiary alicyclic amines) is 1. The molecule has 2 rings (SSSR count). The fraction of sp³-hybridized carbons (Fsp3) is 0.714. The summed E-state index contributed by atoms with van der Waals surface area (Å²) in [6.45, 7) is 6.70. The van der Waals surface area contributed by atoms with Crippen LogP contribution in [-0.2, 0) is 6.54 Å². The van der Waals surface area contributed by atoms with Crippen LogP contribution in [0.4, 0.5) is 0 Å². The van der Waals surface area contributed by atoms with Gasteiger partial charge >= 0.3 is 6.01 Å². The van der Waals surface area contributed by atoms with Crippen molar-refractivity contribution in [3.63, 3.8) is 0 Å². The predicted molar refractivity (Wildman–Crippen MR) is 71.5 cm³/mol. The van der Waals surface area contributed by atoms with E-state index < -0.39 is 0 Å². The van der Waals surface area contributed by atoms with Gasteiger partial charge < -0.3 is 4.74 Å². The third-order valence-corrected chi connectivity index (χ3v) is 3.67. The molecule has 0 spiro atoms. The Labute approximate surface area is 109 Å². The molecule has 100 valence electrons. The van der Waals surface area contributed by atoms with Crippen LogP contribution >= 0.6 is 0 Å². The van der Waals surface area contributed by atoms with Gasteiger partial charge in [-0.25, -0.2) is 4.98 Å². The SMILES string of the molecule is COc1nccc(CN2CCCCC2C(C)C)n1. The first-order chi connectivity index (χ1) is 8.70. The van der Waals surface area contributed by atoms with E-state index in [1.54, 1.807) is 13.3 Å². The number of ether oxygens (including phenoxy) is 1. The summed E-state index contributed by atoms with van der Waals surface area (Å²) in [5.74, 6) is 0.703. The maximum absolute atomic E-state index is 5.08. The Morgan fingerprint density at radius 3 is 3.00 bits per heavy atom. The molecule has 0 saturated carbocycles. The number of rotatable bonds is 4. The third-order valence-electron chi connectivity index (χ3n) is 3.67. The molecule has 18 heavy (non-hydrogen) atoms. The lowest BCUT2D eigenvalue weighted by molar-refractivity contribution is 0.103. The summed E-state index contributed by atoms with van der Waals surface area (Å²) in [5.41, 5.74) is 1.05. The van der Waals surface area contributed by atoms with Gasteiger partial charge in [0.15, 0.2) is 0 Å². The van der Waals surface area contributed by atoms with E-state index in [2.05, 4.69) is 28.7 Å². The van der Waals surface area contributed by atoms with Crippen molar-refractivity contribution in [1.82, 2.24) is 14.9 Å². The van der Waals surface area contributed by atoms with Crippen molar-refractivity contribution in [2.45, 2.75) is 45.7 Å². The van der Waals surface area contributed by atoms with Gasteiger partial charge in [-0.2, -0.15) is 4.98 Å². The number of hydrogen-bond donors (Lipinski definition) is 0. The normalized spacial score (nSPS) is 21.2. The highest BCUT2D eigenvalue weighted by Gasteiger charge is 2.25. The van der Waals surface area contributed by atoms with E-state index in [4.69, 9.17) is 4.74 Å². The molecule has 2 heterocycles. The zero-order valence-electron chi connectivity index (χ0n) is 11.6. The molecule has 1 aliphatic rings. The predicted octanol–water partition coefficient (Wildman–Crippen LogP) is 2.50. The van der Waals surface area contributed by atoms with Crippen molar-refractivity contribution < 1.29 is 4.74 Å². The molecule has 4 nitrogen and oxygen atoms in total. The van der Waals surface area contributed by atoms with Gasteiger partial charge in [0, 0.05) is 18.8 Å². The lowest BCUT2D eigenvalue weighted by Gasteiger charge is -2.38. The van der Waals surface area contributed by atoms with Crippen LogP contribution in [0.3, 0.4) is 0 Å². The van der Waals surface area contributed by atoms with Crippen molar-refractivity contribution in [1.29, 1.82) is 0 Å². The largest absolute Gasteiger partial charge is 0.467 e. The van der Waals surface area contributed by atoms with Crippen LogP contribution in [0.5, 0.6) is 6.01 Å². The molecule has 1 aromatic rings. The quantitative estimate of drug-likeness (QED) is 0.821. The number of aromatic nitrogens is 2. The molecule has 0 N–H and O–H groups in total. The second-order valence-electron chi connectivity index (χ2n) is 5.31. The first kappa shape index (κ1) is 13.3. The summed E-state index contributed by atoms with van der Waals surface area (Å²) in [4.78, 5) is 11.0. The number of nitrogens with zero attached hydrogens (tertiary/aromatic N) is 3. The Balaban J connectivity index is 2.05. The van der Waals surface area contributed by atoms with Gasteiger partial charge in [-0.3, -0.25) is 4.90 Å². The highest BCUT2D eigenvalue weighted by molar-refractivity contribution is 5.05. The van der Waals surface area contributed by atoms with Crippen molar-refractivity contribution in [3.05, 3.63) is 18.0 Å². The Kier molecular flexibility index (Phi) is 4.53. The van der Waals surface area contributed by atoms with Crippen molar-refractivity contribution in [2.75, 3.05) is 13.7 Å². The van der Waals surface area contributed by atoms with Crippen molar-refractivity contribution >= 4 is 0 Å². The van der Waals surface area contributed by atoms with Gasteiger partial charge in [-0.15, -0.1) is 0 Å². The van der Waals surface area contributed by atoms with Gasteiger partial charge in [0.1, 0.15) is 0 Å². The Bertz CT molecular complexity index is 381. The fourth-order valence-electron chi connectivity index (χ4n) is 2.74. The van der Waals surface area contributed by atoms with Crippen molar-refractivity contribution in [2.24, 2.45) is 5.92 Å². The molecule has 4 heteroatoms. The van der Waals surface area contributed by atoms with Crippen molar-refractivity contribution in [3.8, 4) is 6.01 Å². The molecule has 1 atom stereocenters. The Morgan fingerprint density at radius 1 is 1.44 bits per heavy atom. The minimum Gasteiger partial charge on any atom is -0.467 e. The van der Waals surface area contributed by atoms with Crippen LogP contribution in [0, 0.1) is 5.92 Å². The van der Waals surface area contributed by atoms with Gasteiger partial charge in [-0.05, 0) is 31.4 Å². The molecule has 1 saturated heterocycles. The number of methoxy groups -OCH3 is 1. The molecular weight excluding hydrogens is 226 g/mol. The molecule has 0 amide bonds. The summed E-state index contributed by atoms with van der Waals surface area (Å²) in [5, 5.41) is 0. The minimum absolute atomic E-state index is 0.464. The third kappa shape index (κ3) is 3.19. The molecule has 0 aromatic carbocycles. The van der Waals surface area contributed by atoms with Crippen LogP contribution in [0.2, 0.25) is 0 Å². The highest BCUT2D eigenvalue weighted by atomic mass is 16.5. The summed E-state index contributed by atoms with van der Waals surface area (Å²) < 4.78 is 5.08. The van der Waals surface area contributed by atoms with E-state index in [1.165, 1.54) is 25.8 Å². The van der Waals surface area contributed by atoms with Crippen LogP contribution in [0.25, 0.3) is 0 Å². The monoisotopic (exact) mass is 249 g/mol. The molecule has 1 aliphatic heterocycles. The van der Waals surface area contributed by atoms with E-state index in [-0.39, 0.29) is 0 Å². The number of piperidine rings is 1. The standard InChI is InChI=1S/C14H23N3O/c1-11(2)13-6-4-5-9-17(13)10-12-7-8-15-14(16-12)18-3/h7-8,11,13H,4-6,9-10H2,1-3H3. The average molecular weight is 249 g/mol.